The summed E-state index contributed by atoms with van der Waals surface area (Å²) in [5.41, 5.74) is 0. The molecule has 16 heavy (non-hydrogen) atoms. The molecule has 1 aromatic carbocycles. The molecule has 1 aromatic rings. The van der Waals surface area contributed by atoms with E-state index in [1.54, 1.807) is 25.1 Å². The highest BCUT2D eigenvalue weighted by atomic mass is 35.5. The second kappa shape index (κ2) is 6.61. The Morgan fingerprint density at radius 2 is 2.12 bits per heavy atom. The number of benzene rings is 1. The van der Waals surface area contributed by atoms with E-state index in [4.69, 9.17) is 32.7 Å². The number of hydrogen-bond acceptors (Lipinski definition) is 3. The molecule has 0 N–H and O–H groups in total. The van der Waals surface area contributed by atoms with E-state index in [0.717, 1.165) is 0 Å². The van der Waals surface area contributed by atoms with Gasteiger partial charge in [-0.2, -0.15) is 0 Å². The van der Waals surface area contributed by atoms with Crippen molar-refractivity contribution < 1.29 is 14.3 Å². The molecule has 0 aromatic heterocycles. The van der Waals surface area contributed by atoms with Crippen LogP contribution in [0.5, 0.6) is 5.75 Å². The van der Waals surface area contributed by atoms with Crippen molar-refractivity contribution in [3.8, 4) is 5.75 Å². The summed E-state index contributed by atoms with van der Waals surface area (Å²) in [6, 6.07) is 4.92. The number of ether oxygens (including phenoxy) is 2. The standard InChI is InChI=1S/C11H12Cl2O3/c1-2-15-11(14)5-6-16-10-7-8(12)3-4-9(10)13/h3-4,7H,2,5-6H2,1H3. The van der Waals surface area contributed by atoms with Crippen LogP contribution in [0.25, 0.3) is 0 Å². The molecule has 0 saturated heterocycles. The molecule has 5 heteroatoms. The van der Waals surface area contributed by atoms with E-state index in [-0.39, 0.29) is 19.0 Å². The van der Waals surface area contributed by atoms with Crippen molar-refractivity contribution in [2.75, 3.05) is 13.2 Å². The number of halogens is 2. The van der Waals surface area contributed by atoms with Crippen LogP contribution in [0, 0.1) is 0 Å². The summed E-state index contributed by atoms with van der Waals surface area (Å²) in [5.74, 6) is 0.180. The number of rotatable bonds is 5. The molecule has 3 nitrogen and oxygen atoms in total. The molecule has 0 amide bonds. The molecule has 88 valence electrons. The van der Waals surface area contributed by atoms with Crippen molar-refractivity contribution in [1.29, 1.82) is 0 Å². The van der Waals surface area contributed by atoms with Crippen LogP contribution in [-0.4, -0.2) is 19.2 Å². The highest BCUT2D eigenvalue weighted by Gasteiger charge is 2.05. The van der Waals surface area contributed by atoms with E-state index in [0.29, 0.717) is 22.4 Å². The maximum absolute atomic E-state index is 11.0. The number of hydrogen-bond donors (Lipinski definition) is 0. The van der Waals surface area contributed by atoms with Crippen molar-refractivity contribution in [3.05, 3.63) is 28.2 Å². The molecule has 0 saturated carbocycles. The Morgan fingerprint density at radius 1 is 1.38 bits per heavy atom. The Morgan fingerprint density at radius 3 is 2.81 bits per heavy atom. The normalized spacial score (nSPS) is 9.94. The van der Waals surface area contributed by atoms with Crippen LogP contribution < -0.4 is 4.74 Å². The van der Waals surface area contributed by atoms with Gasteiger partial charge in [-0.25, -0.2) is 0 Å². The largest absolute Gasteiger partial charge is 0.491 e. The fraction of sp³-hybridized carbons (Fsp3) is 0.364. The van der Waals surface area contributed by atoms with Crippen LogP contribution >= 0.6 is 23.2 Å². The van der Waals surface area contributed by atoms with Crippen LogP contribution in [0.4, 0.5) is 0 Å². The third kappa shape index (κ3) is 4.29. The molecule has 0 fully saturated rings. The highest BCUT2D eigenvalue weighted by molar-refractivity contribution is 6.34. The van der Waals surface area contributed by atoms with Gasteiger partial charge in [0.05, 0.1) is 24.7 Å². The zero-order chi connectivity index (χ0) is 12.0. The van der Waals surface area contributed by atoms with E-state index >= 15 is 0 Å². The SMILES string of the molecule is CCOC(=O)CCOc1cc(Cl)ccc1Cl. The third-order valence-corrected chi connectivity index (χ3v) is 2.31. The minimum Gasteiger partial charge on any atom is -0.491 e. The van der Waals surface area contributed by atoms with Gasteiger partial charge in [0.1, 0.15) is 5.75 Å². The van der Waals surface area contributed by atoms with E-state index in [1.165, 1.54) is 0 Å². The lowest BCUT2D eigenvalue weighted by atomic mass is 10.3. The Bertz CT molecular complexity index is 366. The van der Waals surface area contributed by atoms with Gasteiger partial charge >= 0.3 is 5.97 Å². The van der Waals surface area contributed by atoms with Crippen molar-refractivity contribution in [2.24, 2.45) is 0 Å². The van der Waals surface area contributed by atoms with E-state index in [2.05, 4.69) is 0 Å². The summed E-state index contributed by atoms with van der Waals surface area (Å²) in [5, 5.41) is 1.00. The van der Waals surface area contributed by atoms with Gasteiger partial charge in [0.2, 0.25) is 0 Å². The third-order valence-electron chi connectivity index (χ3n) is 1.76. The molecular weight excluding hydrogens is 251 g/mol. The fourth-order valence-electron chi connectivity index (χ4n) is 1.07. The quantitative estimate of drug-likeness (QED) is 0.764. The van der Waals surface area contributed by atoms with Crippen LogP contribution in [0.3, 0.4) is 0 Å². The van der Waals surface area contributed by atoms with Gasteiger partial charge in [-0.05, 0) is 19.1 Å². The molecule has 0 aliphatic rings. The summed E-state index contributed by atoms with van der Waals surface area (Å²) >= 11 is 11.7. The first-order valence-electron chi connectivity index (χ1n) is 4.87. The van der Waals surface area contributed by atoms with E-state index in [1.807, 2.05) is 0 Å². The average molecular weight is 263 g/mol. The highest BCUT2D eigenvalue weighted by Crippen LogP contribution is 2.27. The van der Waals surface area contributed by atoms with Gasteiger partial charge < -0.3 is 9.47 Å². The van der Waals surface area contributed by atoms with Gasteiger partial charge in [0.25, 0.3) is 0 Å². The molecule has 0 radical (unpaired) electrons. The van der Waals surface area contributed by atoms with E-state index < -0.39 is 0 Å². The molecule has 0 unspecified atom stereocenters. The fourth-order valence-corrected chi connectivity index (χ4v) is 1.40. The summed E-state index contributed by atoms with van der Waals surface area (Å²) < 4.78 is 10.1. The Labute approximate surface area is 104 Å². The van der Waals surface area contributed by atoms with Crippen LogP contribution in [0.1, 0.15) is 13.3 Å². The number of carbonyl (C=O) groups excluding carboxylic acids is 1. The van der Waals surface area contributed by atoms with Crippen molar-refractivity contribution >= 4 is 29.2 Å². The number of carbonyl (C=O) groups is 1. The van der Waals surface area contributed by atoms with Gasteiger partial charge in [0, 0.05) is 11.1 Å². The monoisotopic (exact) mass is 262 g/mol. The summed E-state index contributed by atoms with van der Waals surface area (Å²) in [6.07, 6.45) is 0.191. The first-order chi connectivity index (χ1) is 7.63. The summed E-state index contributed by atoms with van der Waals surface area (Å²) in [6.45, 7) is 2.35. The zero-order valence-electron chi connectivity index (χ0n) is 8.83. The topological polar surface area (TPSA) is 35.5 Å². The van der Waals surface area contributed by atoms with Crippen LogP contribution in [0.2, 0.25) is 10.0 Å². The molecular formula is C11H12Cl2O3. The maximum atomic E-state index is 11.0. The van der Waals surface area contributed by atoms with Gasteiger partial charge in [0.15, 0.2) is 0 Å². The summed E-state index contributed by atoms with van der Waals surface area (Å²) in [4.78, 5) is 11.0. The Kier molecular flexibility index (Phi) is 5.43. The molecule has 0 atom stereocenters. The Hall–Kier alpha value is -0.930. The second-order valence-electron chi connectivity index (χ2n) is 2.98. The molecule has 1 rings (SSSR count). The number of esters is 1. The zero-order valence-corrected chi connectivity index (χ0v) is 10.3. The predicted octanol–water partition coefficient (Wildman–Crippen LogP) is 3.33. The molecule has 0 heterocycles. The van der Waals surface area contributed by atoms with Gasteiger partial charge in [-0.1, -0.05) is 23.2 Å². The average Bonchev–Trinajstić information content (AvgIpc) is 2.23. The van der Waals surface area contributed by atoms with Crippen molar-refractivity contribution in [2.45, 2.75) is 13.3 Å². The molecule has 0 aliphatic carbocycles. The van der Waals surface area contributed by atoms with Gasteiger partial charge in [-0.15, -0.1) is 0 Å². The lowest BCUT2D eigenvalue weighted by Crippen LogP contribution is -2.09. The lowest BCUT2D eigenvalue weighted by Gasteiger charge is -2.07. The molecule has 0 bridgehead atoms. The first-order valence-corrected chi connectivity index (χ1v) is 5.62. The Balaban J connectivity index is 2.42. The minimum absolute atomic E-state index is 0.191. The lowest BCUT2D eigenvalue weighted by molar-refractivity contribution is -0.143. The second-order valence-corrected chi connectivity index (χ2v) is 3.82. The van der Waals surface area contributed by atoms with Crippen molar-refractivity contribution in [3.63, 3.8) is 0 Å². The smallest absolute Gasteiger partial charge is 0.309 e. The minimum atomic E-state index is -0.291. The molecule has 0 aliphatic heterocycles. The van der Waals surface area contributed by atoms with Crippen molar-refractivity contribution in [1.82, 2.24) is 0 Å². The first kappa shape index (κ1) is 13.1. The van der Waals surface area contributed by atoms with Gasteiger partial charge in [-0.3, -0.25) is 4.79 Å². The predicted molar refractivity (Wildman–Crippen MR) is 63.2 cm³/mol. The van der Waals surface area contributed by atoms with E-state index in [9.17, 15) is 4.79 Å². The van der Waals surface area contributed by atoms with Crippen LogP contribution in [0.15, 0.2) is 18.2 Å². The van der Waals surface area contributed by atoms with Crippen LogP contribution in [-0.2, 0) is 9.53 Å². The maximum Gasteiger partial charge on any atom is 0.309 e. The summed E-state index contributed by atoms with van der Waals surface area (Å²) in [7, 11) is 0. The molecule has 0 spiro atoms.